The molecule has 12 heteroatoms. The van der Waals surface area contributed by atoms with Gasteiger partial charge in [-0.15, -0.1) is 0 Å². The van der Waals surface area contributed by atoms with Gasteiger partial charge in [-0.05, 0) is 68.6 Å². The number of rotatable bonds is 7. The number of esters is 1. The fraction of sp³-hybridized carbons (Fsp3) is 0.533. The number of amides is 1. The maximum Gasteiger partial charge on any atom is 0.416 e. The SMILES string of the molecule is COC(=O)CN1CCC(C(=O)N2CC[C@H](O[C@H](C)c3cc(C(F)(F)F)cc(C(F)(F)F)c3)[C@H](c3ccccc3)C2)CC1. The van der Waals surface area contributed by atoms with E-state index in [4.69, 9.17) is 9.47 Å². The van der Waals surface area contributed by atoms with Crippen LogP contribution in [0.5, 0.6) is 0 Å². The summed E-state index contributed by atoms with van der Waals surface area (Å²) in [6.45, 7) is 3.43. The minimum atomic E-state index is -4.95. The fourth-order valence-corrected chi connectivity index (χ4v) is 5.71. The van der Waals surface area contributed by atoms with Crippen molar-refractivity contribution in [2.75, 3.05) is 39.8 Å². The summed E-state index contributed by atoms with van der Waals surface area (Å²) in [7, 11) is 1.33. The van der Waals surface area contributed by atoms with E-state index in [-0.39, 0.29) is 41.9 Å². The normalized spacial score (nSPS) is 21.7. The van der Waals surface area contributed by atoms with Gasteiger partial charge in [-0.25, -0.2) is 0 Å². The topological polar surface area (TPSA) is 59.1 Å². The molecule has 0 N–H and O–H groups in total. The molecule has 4 rings (SSSR count). The number of carbonyl (C=O) groups excluding carboxylic acids is 2. The van der Waals surface area contributed by atoms with E-state index in [1.54, 1.807) is 4.90 Å². The van der Waals surface area contributed by atoms with E-state index in [2.05, 4.69) is 0 Å². The molecule has 2 heterocycles. The van der Waals surface area contributed by atoms with E-state index in [1.165, 1.54) is 14.0 Å². The summed E-state index contributed by atoms with van der Waals surface area (Å²) >= 11 is 0. The highest BCUT2D eigenvalue weighted by Crippen LogP contribution is 2.40. The summed E-state index contributed by atoms with van der Waals surface area (Å²) < 4.78 is 91.5. The Morgan fingerprint density at radius 1 is 0.905 bits per heavy atom. The van der Waals surface area contributed by atoms with Crippen LogP contribution in [0.2, 0.25) is 0 Å². The minimum absolute atomic E-state index is 0.00662. The highest BCUT2D eigenvalue weighted by Gasteiger charge is 2.40. The lowest BCUT2D eigenvalue weighted by atomic mass is 9.86. The highest BCUT2D eigenvalue weighted by molar-refractivity contribution is 5.79. The number of alkyl halides is 6. The third kappa shape index (κ3) is 7.83. The first-order valence-corrected chi connectivity index (χ1v) is 13.8. The molecule has 230 valence electrons. The van der Waals surface area contributed by atoms with E-state index in [1.807, 2.05) is 35.2 Å². The first kappa shape index (κ1) is 31.8. The lowest BCUT2D eigenvalue weighted by Gasteiger charge is -2.42. The molecule has 0 aliphatic carbocycles. The van der Waals surface area contributed by atoms with Crippen LogP contribution in [0, 0.1) is 5.92 Å². The maximum absolute atomic E-state index is 13.5. The zero-order chi connectivity index (χ0) is 30.7. The van der Waals surface area contributed by atoms with Crippen LogP contribution in [-0.2, 0) is 31.4 Å². The molecule has 42 heavy (non-hydrogen) atoms. The van der Waals surface area contributed by atoms with Crippen molar-refractivity contribution >= 4 is 11.9 Å². The average molecular weight is 601 g/mol. The van der Waals surface area contributed by atoms with Crippen molar-refractivity contribution in [2.24, 2.45) is 5.92 Å². The van der Waals surface area contributed by atoms with Crippen LogP contribution in [-0.4, -0.2) is 67.6 Å². The van der Waals surface area contributed by atoms with Crippen molar-refractivity contribution in [3.8, 4) is 0 Å². The number of hydrogen-bond acceptors (Lipinski definition) is 5. The Bertz CT molecular complexity index is 1200. The Morgan fingerprint density at radius 2 is 1.50 bits per heavy atom. The summed E-state index contributed by atoms with van der Waals surface area (Å²) in [5, 5.41) is 0. The predicted molar refractivity (Wildman–Crippen MR) is 141 cm³/mol. The predicted octanol–water partition coefficient (Wildman–Crippen LogP) is 6.07. The van der Waals surface area contributed by atoms with Gasteiger partial charge in [0.25, 0.3) is 0 Å². The Hall–Kier alpha value is -3.12. The smallest absolute Gasteiger partial charge is 0.416 e. The Kier molecular flexibility index (Phi) is 9.87. The molecular weight excluding hydrogens is 566 g/mol. The van der Waals surface area contributed by atoms with Gasteiger partial charge in [-0.3, -0.25) is 14.5 Å². The number of methoxy groups -OCH3 is 1. The van der Waals surface area contributed by atoms with Crippen molar-refractivity contribution in [1.29, 1.82) is 0 Å². The second kappa shape index (κ2) is 13.0. The third-order valence-corrected chi connectivity index (χ3v) is 8.06. The molecule has 2 aromatic carbocycles. The monoisotopic (exact) mass is 600 g/mol. The number of carbonyl (C=O) groups is 2. The summed E-state index contributed by atoms with van der Waals surface area (Å²) in [6.07, 6.45) is -9.97. The summed E-state index contributed by atoms with van der Waals surface area (Å²) in [5.74, 6) is -0.884. The van der Waals surface area contributed by atoms with Crippen molar-refractivity contribution < 1.29 is 45.4 Å². The maximum atomic E-state index is 13.5. The summed E-state index contributed by atoms with van der Waals surface area (Å²) in [6, 6.07) is 10.7. The first-order valence-electron chi connectivity index (χ1n) is 13.8. The Labute approximate surface area is 240 Å². The zero-order valence-corrected chi connectivity index (χ0v) is 23.4. The molecule has 0 aromatic heterocycles. The van der Waals surface area contributed by atoms with E-state index in [0.29, 0.717) is 57.6 Å². The van der Waals surface area contributed by atoms with E-state index in [9.17, 15) is 35.9 Å². The lowest BCUT2D eigenvalue weighted by molar-refractivity contribution is -0.144. The Balaban J connectivity index is 1.50. The standard InChI is InChI=1S/C30H34F6N2O4/c1-19(22-14-23(29(31,32)33)16-24(15-22)30(34,35)36)42-26-10-13-38(17-25(26)20-6-4-3-5-7-20)28(40)21-8-11-37(12-9-21)18-27(39)41-2/h3-7,14-16,19,21,25-26H,8-13,17-18H2,1-2H3/t19-,25+,26+/m1/s1. The van der Waals surface area contributed by atoms with Crippen molar-refractivity contribution in [3.63, 3.8) is 0 Å². The number of benzene rings is 2. The van der Waals surface area contributed by atoms with Crippen LogP contribution < -0.4 is 0 Å². The molecule has 1 amide bonds. The van der Waals surface area contributed by atoms with Gasteiger partial charge in [0.1, 0.15) is 0 Å². The molecule has 3 atom stereocenters. The van der Waals surface area contributed by atoms with Gasteiger partial charge in [0.15, 0.2) is 0 Å². The number of likely N-dealkylation sites (tertiary alicyclic amines) is 2. The van der Waals surface area contributed by atoms with Gasteiger partial charge < -0.3 is 14.4 Å². The average Bonchev–Trinajstić information content (AvgIpc) is 2.96. The van der Waals surface area contributed by atoms with Crippen molar-refractivity contribution in [1.82, 2.24) is 9.80 Å². The largest absolute Gasteiger partial charge is 0.468 e. The molecule has 0 radical (unpaired) electrons. The lowest BCUT2D eigenvalue weighted by Crippen LogP contribution is -2.50. The molecule has 2 aliphatic heterocycles. The number of hydrogen-bond donors (Lipinski definition) is 0. The summed E-state index contributed by atoms with van der Waals surface area (Å²) in [4.78, 5) is 28.8. The molecule has 2 fully saturated rings. The molecule has 0 bridgehead atoms. The van der Waals surface area contributed by atoms with E-state index >= 15 is 0 Å². The molecule has 0 saturated carbocycles. The van der Waals surface area contributed by atoms with E-state index in [0.717, 1.165) is 5.56 Å². The molecular formula is C30H34F6N2O4. The molecule has 2 aromatic rings. The van der Waals surface area contributed by atoms with Crippen molar-refractivity contribution in [2.45, 2.75) is 56.7 Å². The number of ether oxygens (including phenoxy) is 2. The molecule has 6 nitrogen and oxygen atoms in total. The van der Waals surface area contributed by atoms with Crippen LogP contribution in [0.3, 0.4) is 0 Å². The van der Waals surface area contributed by atoms with Crippen LogP contribution in [0.4, 0.5) is 26.3 Å². The highest BCUT2D eigenvalue weighted by atomic mass is 19.4. The van der Waals surface area contributed by atoms with Crippen LogP contribution in [0.25, 0.3) is 0 Å². The van der Waals surface area contributed by atoms with Crippen molar-refractivity contribution in [3.05, 3.63) is 70.8 Å². The van der Waals surface area contributed by atoms with E-state index < -0.39 is 35.7 Å². The minimum Gasteiger partial charge on any atom is -0.468 e. The second-order valence-corrected chi connectivity index (χ2v) is 10.9. The van der Waals surface area contributed by atoms with Gasteiger partial charge in [0.2, 0.25) is 5.91 Å². The first-order chi connectivity index (χ1) is 19.8. The molecule has 2 aliphatic rings. The van der Waals surface area contributed by atoms with Crippen LogP contribution >= 0.6 is 0 Å². The van der Waals surface area contributed by atoms with Crippen LogP contribution in [0.1, 0.15) is 60.5 Å². The molecule has 2 saturated heterocycles. The molecule has 0 unspecified atom stereocenters. The van der Waals surface area contributed by atoms with Gasteiger partial charge in [-0.2, -0.15) is 26.3 Å². The third-order valence-electron chi connectivity index (χ3n) is 8.06. The van der Waals surface area contributed by atoms with Gasteiger partial charge in [0, 0.05) is 24.9 Å². The summed E-state index contributed by atoms with van der Waals surface area (Å²) in [5.41, 5.74) is -2.14. The van der Waals surface area contributed by atoms with Gasteiger partial charge in [-0.1, -0.05) is 30.3 Å². The number of halogens is 6. The Morgan fingerprint density at radius 3 is 2.05 bits per heavy atom. The number of piperidine rings is 2. The van der Waals surface area contributed by atoms with Gasteiger partial charge >= 0.3 is 18.3 Å². The van der Waals surface area contributed by atoms with Gasteiger partial charge in [0.05, 0.1) is 37.0 Å². The fourth-order valence-electron chi connectivity index (χ4n) is 5.71. The second-order valence-electron chi connectivity index (χ2n) is 10.9. The van der Waals surface area contributed by atoms with Crippen LogP contribution in [0.15, 0.2) is 48.5 Å². The number of nitrogens with zero attached hydrogens (tertiary/aromatic N) is 2. The zero-order valence-electron chi connectivity index (χ0n) is 23.4. The molecule has 0 spiro atoms. The quantitative estimate of drug-likeness (QED) is 0.285.